The van der Waals surface area contributed by atoms with Gasteiger partial charge in [0, 0.05) is 35.3 Å². The maximum atomic E-state index is 12.8. The van der Waals surface area contributed by atoms with Gasteiger partial charge in [-0.2, -0.15) is 4.36 Å². The van der Waals surface area contributed by atoms with Gasteiger partial charge in [0.15, 0.2) is 0 Å². The molecular weight excluding hydrogens is 358 g/mol. The van der Waals surface area contributed by atoms with Crippen LogP contribution in [0.2, 0.25) is 0 Å². The number of carbonyl (C=O) groups is 1. The van der Waals surface area contributed by atoms with Crippen LogP contribution < -0.4 is 0 Å². The van der Waals surface area contributed by atoms with Crippen molar-refractivity contribution in [3.63, 3.8) is 0 Å². The van der Waals surface area contributed by atoms with E-state index in [1.165, 1.54) is 12.5 Å². The molecule has 3 aromatic rings. The lowest BCUT2D eigenvalue weighted by Gasteiger charge is -2.04. The van der Waals surface area contributed by atoms with E-state index in [-0.39, 0.29) is 5.56 Å². The van der Waals surface area contributed by atoms with E-state index in [1.54, 1.807) is 36.7 Å². The van der Waals surface area contributed by atoms with Crippen molar-refractivity contribution in [2.24, 2.45) is 4.36 Å². The fourth-order valence-electron chi connectivity index (χ4n) is 2.25. The van der Waals surface area contributed by atoms with Crippen molar-refractivity contribution in [1.82, 2.24) is 9.97 Å². The molecule has 1 aromatic carbocycles. The van der Waals surface area contributed by atoms with E-state index in [4.69, 9.17) is 0 Å². The number of hydrogen-bond acceptors (Lipinski definition) is 4. The Bertz CT molecular complexity index is 1150. The molecule has 0 aliphatic heterocycles. The third-order valence-electron chi connectivity index (χ3n) is 3.70. The van der Waals surface area contributed by atoms with Crippen molar-refractivity contribution < 1.29 is 9.00 Å². The molecule has 6 heteroatoms. The van der Waals surface area contributed by atoms with Crippen LogP contribution in [0.4, 0.5) is 0 Å². The van der Waals surface area contributed by atoms with Crippen LogP contribution >= 0.6 is 0 Å². The topological polar surface area (TPSA) is 72.3 Å². The summed E-state index contributed by atoms with van der Waals surface area (Å²) in [5.74, 6) is 5.24. The van der Waals surface area contributed by atoms with Gasteiger partial charge in [-0.3, -0.25) is 9.78 Å². The Morgan fingerprint density at radius 3 is 2.56 bits per heavy atom. The van der Waals surface area contributed by atoms with Gasteiger partial charge in [0.25, 0.3) is 5.91 Å². The Kier molecular flexibility index (Phi) is 5.43. The molecule has 0 saturated carbocycles. The van der Waals surface area contributed by atoms with Crippen molar-refractivity contribution in [1.29, 1.82) is 0 Å². The summed E-state index contributed by atoms with van der Waals surface area (Å²) in [6.07, 6.45) is 6.05. The number of nitrogens with zero attached hydrogens (tertiary/aromatic N) is 3. The summed E-state index contributed by atoms with van der Waals surface area (Å²) >= 11 is 0. The Hall–Kier alpha value is -3.30. The zero-order chi connectivity index (χ0) is 19.3. The number of amides is 1. The fourth-order valence-corrected chi connectivity index (χ4v) is 3.42. The normalized spacial score (nSPS) is 12.4. The van der Waals surface area contributed by atoms with Crippen molar-refractivity contribution in [3.05, 3.63) is 89.5 Å². The highest BCUT2D eigenvalue weighted by atomic mass is 32.2. The molecule has 0 aliphatic carbocycles. The van der Waals surface area contributed by atoms with E-state index in [0.29, 0.717) is 16.2 Å². The summed E-state index contributed by atoms with van der Waals surface area (Å²) in [5, 5.41) is 0. The molecule has 0 spiro atoms. The molecule has 27 heavy (non-hydrogen) atoms. The average molecular weight is 375 g/mol. The minimum absolute atomic E-state index is 0.240. The first kappa shape index (κ1) is 18.5. The fraction of sp³-hybridized carbons (Fsp3) is 0.0952. The number of carbonyl (C=O) groups excluding carboxylic acids is 1. The second-order valence-corrected chi connectivity index (χ2v) is 8.20. The average Bonchev–Trinajstić information content (AvgIpc) is 2.67. The van der Waals surface area contributed by atoms with E-state index in [9.17, 15) is 9.00 Å². The van der Waals surface area contributed by atoms with E-state index < -0.39 is 15.6 Å². The van der Waals surface area contributed by atoms with Crippen LogP contribution in [0.3, 0.4) is 0 Å². The van der Waals surface area contributed by atoms with E-state index in [0.717, 1.165) is 5.56 Å². The molecular formula is C21H17N3O2S. The standard InChI is InChI=1S/C21H17N3O2S/c1-16-6-10-20(11-7-16)27(2,26)24-21(25)18-13-17(14-22-15-18)8-9-19-5-3-4-12-23-19/h3-7,10-15H,1-2H3. The van der Waals surface area contributed by atoms with Gasteiger partial charge in [-0.25, -0.2) is 9.19 Å². The third-order valence-corrected chi connectivity index (χ3v) is 5.36. The molecule has 1 atom stereocenters. The summed E-state index contributed by atoms with van der Waals surface area (Å²) in [6.45, 7) is 1.94. The maximum absolute atomic E-state index is 12.8. The molecule has 1 amide bonds. The van der Waals surface area contributed by atoms with Gasteiger partial charge in [-0.15, -0.1) is 0 Å². The van der Waals surface area contributed by atoms with Crippen molar-refractivity contribution >= 4 is 15.6 Å². The van der Waals surface area contributed by atoms with Crippen molar-refractivity contribution in [2.45, 2.75) is 11.8 Å². The summed E-state index contributed by atoms with van der Waals surface area (Å²) in [6, 6.07) is 14.2. The number of rotatable bonds is 2. The maximum Gasteiger partial charge on any atom is 0.286 e. The first-order valence-electron chi connectivity index (χ1n) is 8.15. The lowest BCUT2D eigenvalue weighted by atomic mass is 10.2. The number of aryl methyl sites for hydroxylation is 1. The van der Waals surface area contributed by atoms with Crippen LogP contribution in [-0.4, -0.2) is 26.3 Å². The molecule has 0 bridgehead atoms. The Labute approximate surface area is 158 Å². The van der Waals surface area contributed by atoms with Crippen LogP contribution in [0.25, 0.3) is 0 Å². The highest BCUT2D eigenvalue weighted by Crippen LogP contribution is 2.14. The molecule has 1 unspecified atom stereocenters. The Balaban J connectivity index is 1.88. The quantitative estimate of drug-likeness (QED) is 0.643. The third kappa shape index (κ3) is 4.87. The predicted molar refractivity (Wildman–Crippen MR) is 105 cm³/mol. The van der Waals surface area contributed by atoms with Crippen LogP contribution in [0, 0.1) is 18.8 Å². The highest BCUT2D eigenvalue weighted by Gasteiger charge is 2.12. The Morgan fingerprint density at radius 2 is 1.85 bits per heavy atom. The summed E-state index contributed by atoms with van der Waals surface area (Å²) in [7, 11) is -2.84. The van der Waals surface area contributed by atoms with Crippen molar-refractivity contribution in [2.75, 3.05) is 6.26 Å². The molecule has 0 N–H and O–H groups in total. The number of aromatic nitrogens is 2. The summed E-state index contributed by atoms with van der Waals surface area (Å²) in [5.41, 5.74) is 2.46. The second kappa shape index (κ2) is 7.94. The molecule has 0 aliphatic rings. The zero-order valence-electron chi connectivity index (χ0n) is 14.9. The van der Waals surface area contributed by atoms with Gasteiger partial charge in [-0.05, 0) is 43.2 Å². The van der Waals surface area contributed by atoms with Gasteiger partial charge in [0.2, 0.25) is 0 Å². The number of hydrogen-bond donors (Lipinski definition) is 0. The first-order valence-corrected chi connectivity index (χ1v) is 10.1. The minimum atomic E-state index is -2.84. The zero-order valence-corrected chi connectivity index (χ0v) is 15.7. The van der Waals surface area contributed by atoms with E-state index in [1.807, 2.05) is 31.2 Å². The highest BCUT2D eigenvalue weighted by molar-refractivity contribution is 7.93. The molecule has 2 aromatic heterocycles. The van der Waals surface area contributed by atoms with Gasteiger partial charge < -0.3 is 0 Å². The Morgan fingerprint density at radius 1 is 1.07 bits per heavy atom. The predicted octanol–water partition coefficient (Wildman–Crippen LogP) is 3.48. The molecule has 2 heterocycles. The lowest BCUT2D eigenvalue weighted by molar-refractivity contribution is 0.100. The SMILES string of the molecule is Cc1ccc(S(C)(=O)=NC(=O)c2cncc(C#Cc3ccccn3)c2)cc1. The van der Waals surface area contributed by atoms with Crippen LogP contribution in [0.15, 0.2) is 76.4 Å². The molecule has 0 radical (unpaired) electrons. The van der Waals surface area contributed by atoms with Crippen LogP contribution in [0.1, 0.15) is 27.2 Å². The lowest BCUT2D eigenvalue weighted by Crippen LogP contribution is -2.04. The molecule has 0 fully saturated rings. The summed E-state index contributed by atoms with van der Waals surface area (Å²) < 4.78 is 16.8. The molecule has 5 nitrogen and oxygen atoms in total. The number of pyridine rings is 2. The van der Waals surface area contributed by atoms with Crippen LogP contribution in [0.5, 0.6) is 0 Å². The number of benzene rings is 1. The van der Waals surface area contributed by atoms with Gasteiger partial charge >= 0.3 is 0 Å². The first-order chi connectivity index (χ1) is 12.9. The molecule has 0 saturated heterocycles. The molecule has 134 valence electrons. The monoisotopic (exact) mass is 375 g/mol. The van der Waals surface area contributed by atoms with Crippen molar-refractivity contribution in [3.8, 4) is 11.8 Å². The summed E-state index contributed by atoms with van der Waals surface area (Å²) in [4.78, 5) is 21.2. The minimum Gasteiger partial charge on any atom is -0.266 e. The molecule has 3 rings (SSSR count). The van der Waals surface area contributed by atoms with E-state index >= 15 is 0 Å². The van der Waals surface area contributed by atoms with Gasteiger partial charge in [-0.1, -0.05) is 29.7 Å². The second-order valence-electron chi connectivity index (χ2n) is 5.94. The van der Waals surface area contributed by atoms with Gasteiger partial charge in [0.05, 0.1) is 15.3 Å². The largest absolute Gasteiger partial charge is 0.286 e. The van der Waals surface area contributed by atoms with Gasteiger partial charge in [0.1, 0.15) is 5.69 Å². The smallest absolute Gasteiger partial charge is 0.266 e. The van der Waals surface area contributed by atoms with E-state index in [2.05, 4.69) is 26.2 Å². The van der Waals surface area contributed by atoms with Crippen LogP contribution in [-0.2, 0) is 9.73 Å².